The van der Waals surface area contributed by atoms with Crippen molar-refractivity contribution in [2.75, 3.05) is 58.9 Å². The lowest BCUT2D eigenvalue weighted by molar-refractivity contribution is -0.162. The second-order valence-corrected chi connectivity index (χ2v) is 22.3. The Balaban J connectivity index is 3.27. The van der Waals surface area contributed by atoms with Crippen molar-refractivity contribution in [2.24, 2.45) is 5.92 Å². The molecule has 20 heteroatoms. The SMILES string of the molecule is CC(C)C[C@@H](NC(=O)OC(C)(C)C)C(=O)NNC(=O)c1ccc(CNC(=O)CN(CCN(CC(=O)OC(C)(C)C)CC(=O)OC(C)(C)C)CCN(CC(=O)OC(C)(C)C)CC(=O)OC(C)(C)C)cc1. The number of amides is 4. The molecule has 4 N–H and O–H groups in total. The van der Waals surface area contributed by atoms with Crippen LogP contribution in [0.1, 0.15) is 140 Å². The van der Waals surface area contributed by atoms with Crippen LogP contribution in [-0.2, 0) is 59.0 Å². The molecule has 0 aliphatic rings. The topological polar surface area (TPSA) is 241 Å². The molecule has 4 amide bonds. The smallest absolute Gasteiger partial charge is 0.408 e. The largest absolute Gasteiger partial charge is 0.459 e. The van der Waals surface area contributed by atoms with E-state index < -0.39 is 81.7 Å². The third kappa shape index (κ3) is 31.4. The van der Waals surface area contributed by atoms with E-state index in [-0.39, 0.29) is 76.9 Å². The number of esters is 4. The molecule has 0 fully saturated rings. The lowest BCUT2D eigenvalue weighted by Crippen LogP contribution is -2.53. The molecule has 0 aromatic heterocycles. The van der Waals surface area contributed by atoms with E-state index in [0.29, 0.717) is 12.0 Å². The van der Waals surface area contributed by atoms with Gasteiger partial charge in [-0.1, -0.05) is 26.0 Å². The summed E-state index contributed by atoms with van der Waals surface area (Å²) in [4.78, 5) is 109. The van der Waals surface area contributed by atoms with Crippen molar-refractivity contribution in [3.05, 3.63) is 35.4 Å². The second kappa shape index (κ2) is 27.2. The van der Waals surface area contributed by atoms with Gasteiger partial charge in [-0.3, -0.25) is 59.1 Å². The average Bonchev–Trinajstić information content (AvgIpc) is 3.12. The van der Waals surface area contributed by atoms with Crippen molar-refractivity contribution in [3.8, 4) is 0 Å². The van der Waals surface area contributed by atoms with Gasteiger partial charge in [-0.15, -0.1) is 0 Å². The molecule has 1 aromatic carbocycles. The van der Waals surface area contributed by atoms with Crippen LogP contribution in [0.2, 0.25) is 0 Å². The zero-order valence-corrected chi connectivity index (χ0v) is 44.4. The monoisotopic (exact) mass is 978 g/mol. The first-order chi connectivity index (χ1) is 31.4. The van der Waals surface area contributed by atoms with Crippen molar-refractivity contribution >= 4 is 47.7 Å². The number of rotatable bonds is 23. The molecule has 0 spiro atoms. The molecule has 0 heterocycles. The summed E-state index contributed by atoms with van der Waals surface area (Å²) in [5.41, 5.74) is 1.69. The fourth-order valence-corrected chi connectivity index (χ4v) is 6.15. The molecule has 0 saturated heterocycles. The lowest BCUT2D eigenvalue weighted by Gasteiger charge is -2.30. The molecule has 69 heavy (non-hydrogen) atoms. The third-order valence-corrected chi connectivity index (χ3v) is 8.64. The molecule has 0 saturated carbocycles. The van der Waals surface area contributed by atoms with Crippen molar-refractivity contribution in [2.45, 2.75) is 165 Å². The molecule has 0 aliphatic heterocycles. The van der Waals surface area contributed by atoms with Gasteiger partial charge < -0.3 is 34.3 Å². The van der Waals surface area contributed by atoms with E-state index in [0.717, 1.165) is 0 Å². The van der Waals surface area contributed by atoms with E-state index in [1.54, 1.807) is 131 Å². The highest BCUT2D eigenvalue weighted by Gasteiger charge is 2.28. The minimum Gasteiger partial charge on any atom is -0.459 e. The number of nitrogens with one attached hydrogen (secondary N) is 4. The summed E-state index contributed by atoms with van der Waals surface area (Å²) >= 11 is 0. The summed E-state index contributed by atoms with van der Waals surface area (Å²) in [6, 6.07) is 5.35. The number of ether oxygens (including phenoxy) is 5. The van der Waals surface area contributed by atoms with Gasteiger partial charge in [0.25, 0.3) is 11.8 Å². The van der Waals surface area contributed by atoms with Gasteiger partial charge in [-0.2, -0.15) is 0 Å². The number of benzene rings is 1. The van der Waals surface area contributed by atoms with E-state index in [4.69, 9.17) is 23.7 Å². The molecule has 0 unspecified atom stereocenters. The van der Waals surface area contributed by atoms with Crippen LogP contribution in [0.25, 0.3) is 0 Å². The van der Waals surface area contributed by atoms with Crippen LogP contribution >= 0.6 is 0 Å². The summed E-state index contributed by atoms with van der Waals surface area (Å²) in [6.07, 6.45) is -0.472. The fourth-order valence-electron chi connectivity index (χ4n) is 6.15. The molecule has 0 radical (unpaired) electrons. The molecule has 0 bridgehead atoms. The normalized spacial score (nSPS) is 12.8. The van der Waals surface area contributed by atoms with Crippen molar-refractivity contribution in [1.29, 1.82) is 0 Å². The van der Waals surface area contributed by atoms with Gasteiger partial charge in [-0.25, -0.2) is 4.79 Å². The Labute approximate surface area is 409 Å². The van der Waals surface area contributed by atoms with Crippen LogP contribution in [0.3, 0.4) is 0 Å². The molecule has 20 nitrogen and oxygen atoms in total. The number of nitrogens with zero attached hydrogens (tertiary/aromatic N) is 3. The minimum atomic E-state index is -0.969. The summed E-state index contributed by atoms with van der Waals surface area (Å²) in [5.74, 6) is -3.85. The first kappa shape index (κ1) is 61.7. The molecule has 1 aromatic rings. The maximum absolute atomic E-state index is 13.6. The van der Waals surface area contributed by atoms with E-state index in [1.807, 2.05) is 13.8 Å². The van der Waals surface area contributed by atoms with Crippen LogP contribution in [0, 0.1) is 5.92 Å². The highest BCUT2D eigenvalue weighted by molar-refractivity contribution is 5.96. The number of carbonyl (C=O) groups excluding carboxylic acids is 8. The zero-order valence-electron chi connectivity index (χ0n) is 44.4. The standard InChI is InChI=1S/C49H83N7O13/c1-33(2)26-36(51-44(64)69-49(15,16)17)43(63)53-52-42(62)35-20-18-34(19-21-35)27-50-37(57)28-54(22-24-55(29-38(58)65-45(3,4)5)30-39(59)66-46(6,7)8)23-25-56(31-40(60)67-47(9,10)11)32-41(61)68-48(12,13)14/h18-21,33,36H,22-32H2,1-17H3,(H,50,57)(H,51,64)(H,52,62)(H,53,63)/t36-/m1/s1. The molecular formula is C49H83N7O13. The molecular weight excluding hydrogens is 895 g/mol. The van der Waals surface area contributed by atoms with Crippen LogP contribution in [0.4, 0.5) is 4.79 Å². The predicted octanol–water partition coefficient (Wildman–Crippen LogP) is 4.28. The highest BCUT2D eigenvalue weighted by atomic mass is 16.6. The Bertz CT molecular complexity index is 1740. The van der Waals surface area contributed by atoms with Crippen LogP contribution < -0.4 is 21.5 Å². The third-order valence-electron chi connectivity index (χ3n) is 8.64. The van der Waals surface area contributed by atoms with Gasteiger partial charge in [0.15, 0.2) is 0 Å². The van der Waals surface area contributed by atoms with Crippen LogP contribution in [0.5, 0.6) is 0 Å². The molecule has 1 atom stereocenters. The number of hydrogen-bond acceptors (Lipinski definition) is 16. The van der Waals surface area contributed by atoms with Crippen molar-refractivity contribution in [3.63, 3.8) is 0 Å². The Morgan fingerprint density at radius 1 is 0.493 bits per heavy atom. The van der Waals surface area contributed by atoms with Gasteiger partial charge in [-0.05, 0) is 134 Å². The first-order valence-corrected chi connectivity index (χ1v) is 23.4. The summed E-state index contributed by atoms with van der Waals surface area (Å²) < 4.78 is 27.5. The van der Waals surface area contributed by atoms with E-state index >= 15 is 0 Å². The van der Waals surface area contributed by atoms with E-state index in [1.165, 1.54) is 12.1 Å². The summed E-state index contributed by atoms with van der Waals surface area (Å²) in [6.45, 7) is 29.1. The zero-order chi connectivity index (χ0) is 53.1. The molecule has 1 rings (SSSR count). The minimum absolute atomic E-state index is 0.0384. The number of hydrazine groups is 1. The van der Waals surface area contributed by atoms with E-state index in [2.05, 4.69) is 21.5 Å². The number of alkyl carbamates (subject to hydrolysis) is 1. The number of hydrogen-bond donors (Lipinski definition) is 4. The van der Waals surface area contributed by atoms with Crippen molar-refractivity contribution in [1.82, 2.24) is 36.2 Å². The summed E-state index contributed by atoms with van der Waals surface area (Å²) in [7, 11) is 0. The Morgan fingerprint density at radius 3 is 1.20 bits per heavy atom. The Morgan fingerprint density at radius 2 is 0.855 bits per heavy atom. The van der Waals surface area contributed by atoms with Gasteiger partial charge in [0, 0.05) is 38.3 Å². The van der Waals surface area contributed by atoms with Gasteiger partial charge >= 0.3 is 30.0 Å². The predicted molar refractivity (Wildman–Crippen MR) is 259 cm³/mol. The maximum Gasteiger partial charge on any atom is 0.408 e. The molecule has 392 valence electrons. The van der Waals surface area contributed by atoms with Gasteiger partial charge in [0.05, 0.1) is 32.7 Å². The van der Waals surface area contributed by atoms with Gasteiger partial charge in [0.1, 0.15) is 34.0 Å². The summed E-state index contributed by atoms with van der Waals surface area (Å²) in [5, 5.41) is 5.43. The lowest BCUT2D eigenvalue weighted by atomic mass is 10.0. The van der Waals surface area contributed by atoms with Crippen LogP contribution in [-0.4, -0.2) is 155 Å². The van der Waals surface area contributed by atoms with Crippen LogP contribution in [0.15, 0.2) is 24.3 Å². The maximum atomic E-state index is 13.6. The second-order valence-electron chi connectivity index (χ2n) is 22.3. The highest BCUT2D eigenvalue weighted by Crippen LogP contribution is 2.14. The average molecular weight is 978 g/mol. The Kier molecular flexibility index (Phi) is 24.3. The van der Waals surface area contributed by atoms with Gasteiger partial charge in [0.2, 0.25) is 5.91 Å². The number of carbonyl (C=O) groups is 8. The quantitative estimate of drug-likeness (QED) is 0.0680. The fraction of sp³-hybridized carbons (Fsp3) is 0.714. The molecule has 0 aliphatic carbocycles. The Hall–Kier alpha value is -5.34. The van der Waals surface area contributed by atoms with E-state index in [9.17, 15) is 38.4 Å². The van der Waals surface area contributed by atoms with Crippen molar-refractivity contribution < 1.29 is 62.0 Å². The first-order valence-electron chi connectivity index (χ1n) is 23.4.